The molecule has 0 aliphatic rings. The number of fused-ring (bicyclic) bond motifs is 1. The summed E-state index contributed by atoms with van der Waals surface area (Å²) < 4.78 is 47.1. The van der Waals surface area contributed by atoms with E-state index < -0.39 is 18.2 Å². The number of hydrogen-bond acceptors (Lipinski definition) is 6. The van der Waals surface area contributed by atoms with Crippen LogP contribution < -0.4 is 5.32 Å². The van der Waals surface area contributed by atoms with Crippen LogP contribution >= 0.6 is 0 Å². The Labute approximate surface area is 173 Å². The van der Waals surface area contributed by atoms with Crippen molar-refractivity contribution < 1.29 is 27.2 Å². The van der Waals surface area contributed by atoms with Crippen molar-refractivity contribution in [1.29, 1.82) is 0 Å². The van der Waals surface area contributed by atoms with Gasteiger partial charge in [-0.1, -0.05) is 53.7 Å². The van der Waals surface area contributed by atoms with Crippen molar-refractivity contribution in [1.82, 2.24) is 20.4 Å². The van der Waals surface area contributed by atoms with Crippen molar-refractivity contribution in [3.05, 3.63) is 77.9 Å². The lowest BCUT2D eigenvalue weighted by Gasteiger charge is -2.09. The highest BCUT2D eigenvalue weighted by Crippen LogP contribution is 2.29. The van der Waals surface area contributed by atoms with Gasteiger partial charge in [0.2, 0.25) is 5.82 Å². The van der Waals surface area contributed by atoms with Gasteiger partial charge < -0.3 is 14.6 Å². The Morgan fingerprint density at radius 1 is 1.06 bits per heavy atom. The molecule has 4 aromatic rings. The van der Waals surface area contributed by atoms with Gasteiger partial charge >= 0.3 is 18.2 Å². The number of benzene rings is 2. The normalized spacial score (nSPS) is 11.5. The largest absolute Gasteiger partial charge is 0.471 e. The number of carbonyl (C=O) groups is 1. The van der Waals surface area contributed by atoms with Crippen LogP contribution in [0.25, 0.3) is 22.2 Å². The van der Waals surface area contributed by atoms with E-state index in [1.54, 1.807) is 24.5 Å². The number of carbonyl (C=O) groups excluding carboxylic acids is 1. The number of alkyl halides is 3. The Hall–Kier alpha value is -3.95. The summed E-state index contributed by atoms with van der Waals surface area (Å²) in [5.74, 6) is -1.58. The van der Waals surface area contributed by atoms with Crippen LogP contribution in [-0.2, 0) is 24.1 Å². The van der Waals surface area contributed by atoms with E-state index in [1.165, 1.54) is 12.1 Å². The Balaban J connectivity index is 1.32. The number of amides is 1. The maximum Gasteiger partial charge on any atom is 0.471 e. The molecule has 0 saturated heterocycles. The van der Waals surface area contributed by atoms with E-state index in [0.29, 0.717) is 11.1 Å². The summed E-state index contributed by atoms with van der Waals surface area (Å²) in [5.41, 5.74) is 1.86. The number of rotatable bonds is 5. The smallest absolute Gasteiger partial charge is 0.445 e. The number of aromatic nitrogens is 3. The van der Waals surface area contributed by atoms with Gasteiger partial charge in [-0.2, -0.15) is 18.2 Å². The average Bonchev–Trinajstić information content (AvgIpc) is 3.27. The second kappa shape index (κ2) is 8.42. The van der Waals surface area contributed by atoms with E-state index >= 15 is 0 Å². The molecule has 158 valence electrons. The van der Waals surface area contributed by atoms with Crippen LogP contribution in [0.1, 0.15) is 17.0 Å². The summed E-state index contributed by atoms with van der Waals surface area (Å²) in [6.07, 6.45) is -1.92. The molecule has 2 heterocycles. The summed E-state index contributed by atoms with van der Waals surface area (Å²) in [5, 5.41) is 7.86. The van der Waals surface area contributed by atoms with E-state index in [1.807, 2.05) is 24.3 Å². The highest BCUT2D eigenvalue weighted by atomic mass is 19.4. The minimum Gasteiger partial charge on any atom is -0.445 e. The number of alkyl carbamates (subject to hydrolysis) is 1. The average molecular weight is 428 g/mol. The highest BCUT2D eigenvalue weighted by molar-refractivity contribution is 5.84. The third-order valence-electron chi connectivity index (χ3n) is 4.43. The van der Waals surface area contributed by atoms with Crippen molar-refractivity contribution in [3.8, 4) is 11.4 Å². The predicted octanol–water partition coefficient (Wildman–Crippen LogP) is 4.73. The van der Waals surface area contributed by atoms with Crippen molar-refractivity contribution >= 4 is 16.9 Å². The zero-order valence-electron chi connectivity index (χ0n) is 15.9. The molecule has 1 amide bonds. The fourth-order valence-electron chi connectivity index (χ4n) is 2.89. The van der Waals surface area contributed by atoms with Crippen LogP contribution in [-0.4, -0.2) is 21.2 Å². The van der Waals surface area contributed by atoms with E-state index in [2.05, 4.69) is 25.0 Å². The molecule has 0 aliphatic heterocycles. The number of nitrogens with zero attached hydrogens (tertiary/aromatic N) is 3. The lowest BCUT2D eigenvalue weighted by Crippen LogP contribution is -2.23. The zero-order valence-corrected chi connectivity index (χ0v) is 15.9. The molecule has 0 atom stereocenters. The van der Waals surface area contributed by atoms with Gasteiger partial charge in [-0.15, -0.1) is 0 Å². The molecule has 0 spiro atoms. The predicted molar refractivity (Wildman–Crippen MR) is 104 cm³/mol. The topological polar surface area (TPSA) is 90.1 Å². The summed E-state index contributed by atoms with van der Waals surface area (Å²) in [7, 11) is 0. The Morgan fingerprint density at radius 3 is 2.58 bits per heavy atom. The van der Waals surface area contributed by atoms with E-state index in [4.69, 9.17) is 4.74 Å². The fourth-order valence-corrected chi connectivity index (χ4v) is 2.89. The fraction of sp³-hybridized carbons (Fsp3) is 0.143. The molecule has 0 bridgehead atoms. The Bertz CT molecular complexity index is 1200. The van der Waals surface area contributed by atoms with Gasteiger partial charge in [0.1, 0.15) is 6.61 Å². The molecule has 1 N–H and O–H groups in total. The number of halogens is 3. The minimum atomic E-state index is -4.70. The van der Waals surface area contributed by atoms with Crippen molar-refractivity contribution in [2.45, 2.75) is 19.3 Å². The molecule has 2 aromatic heterocycles. The number of ether oxygens (including phenoxy) is 1. The van der Waals surface area contributed by atoms with Crippen LogP contribution in [0.2, 0.25) is 0 Å². The first-order chi connectivity index (χ1) is 14.9. The molecule has 4 rings (SSSR count). The molecule has 2 aromatic carbocycles. The highest BCUT2D eigenvalue weighted by Gasteiger charge is 2.38. The van der Waals surface area contributed by atoms with Gasteiger partial charge in [-0.25, -0.2) is 4.79 Å². The second-order valence-electron chi connectivity index (χ2n) is 6.57. The van der Waals surface area contributed by atoms with Gasteiger partial charge in [0.25, 0.3) is 0 Å². The molecule has 31 heavy (non-hydrogen) atoms. The lowest BCUT2D eigenvalue weighted by atomic mass is 10.1. The molecular formula is C21H15F3N4O3. The standard InChI is InChI=1S/C21H15F3N4O3/c22-21(23,24)19-27-18(28-31-19)14-7-5-13(6-8-14)9-26-20(29)30-12-16-11-25-10-15-3-1-2-4-17(15)16/h1-8,10-11H,9,12H2,(H,26,29). The quantitative estimate of drug-likeness (QED) is 0.494. The second-order valence-corrected chi connectivity index (χ2v) is 6.57. The zero-order chi connectivity index (χ0) is 21.8. The third-order valence-corrected chi connectivity index (χ3v) is 4.43. The molecule has 10 heteroatoms. The van der Waals surface area contributed by atoms with E-state index in [0.717, 1.165) is 16.3 Å². The lowest BCUT2D eigenvalue weighted by molar-refractivity contribution is -0.159. The number of nitrogens with one attached hydrogen (secondary N) is 1. The number of hydrogen-bond donors (Lipinski definition) is 1. The molecule has 7 nitrogen and oxygen atoms in total. The first kappa shape index (κ1) is 20.3. The third kappa shape index (κ3) is 4.80. The van der Waals surface area contributed by atoms with E-state index in [9.17, 15) is 18.0 Å². The van der Waals surface area contributed by atoms with Crippen molar-refractivity contribution in [2.75, 3.05) is 0 Å². The molecule has 0 radical (unpaired) electrons. The Morgan fingerprint density at radius 2 is 1.84 bits per heavy atom. The van der Waals surface area contributed by atoms with Crippen molar-refractivity contribution in [2.24, 2.45) is 0 Å². The first-order valence-corrected chi connectivity index (χ1v) is 9.12. The van der Waals surface area contributed by atoms with Gasteiger partial charge in [0.05, 0.1) is 0 Å². The van der Waals surface area contributed by atoms with Gasteiger partial charge in [0.15, 0.2) is 0 Å². The van der Waals surface area contributed by atoms with E-state index in [-0.39, 0.29) is 19.0 Å². The summed E-state index contributed by atoms with van der Waals surface area (Å²) in [6, 6.07) is 14.0. The maximum atomic E-state index is 12.6. The summed E-state index contributed by atoms with van der Waals surface area (Å²) in [6.45, 7) is 0.242. The molecule has 0 fully saturated rings. The monoisotopic (exact) mass is 428 g/mol. The molecule has 0 saturated carbocycles. The Kier molecular flexibility index (Phi) is 5.52. The molecule has 0 unspecified atom stereocenters. The molecule has 0 aliphatic carbocycles. The summed E-state index contributed by atoms with van der Waals surface area (Å²) >= 11 is 0. The van der Waals surface area contributed by atoms with Crippen molar-refractivity contribution in [3.63, 3.8) is 0 Å². The van der Waals surface area contributed by atoms with Crippen LogP contribution in [0.5, 0.6) is 0 Å². The van der Waals surface area contributed by atoms with Crippen LogP contribution in [0, 0.1) is 0 Å². The number of pyridine rings is 1. The minimum absolute atomic E-state index is 0.0679. The molecular weight excluding hydrogens is 413 g/mol. The first-order valence-electron chi connectivity index (χ1n) is 9.12. The maximum absolute atomic E-state index is 12.6. The van der Waals surface area contributed by atoms with Crippen LogP contribution in [0.4, 0.5) is 18.0 Å². The van der Waals surface area contributed by atoms with Gasteiger partial charge in [0, 0.05) is 35.5 Å². The summed E-state index contributed by atoms with van der Waals surface area (Å²) in [4.78, 5) is 19.5. The van der Waals surface area contributed by atoms with Crippen LogP contribution in [0.3, 0.4) is 0 Å². The van der Waals surface area contributed by atoms with Gasteiger partial charge in [-0.3, -0.25) is 4.98 Å². The van der Waals surface area contributed by atoms with Gasteiger partial charge in [-0.05, 0) is 10.9 Å². The van der Waals surface area contributed by atoms with Crippen LogP contribution in [0.15, 0.2) is 65.4 Å². The SMILES string of the molecule is O=C(NCc1ccc(-c2noc(C(F)(F)F)n2)cc1)OCc1cncc2ccccc12.